The normalized spacial score (nSPS) is 13.5. The summed E-state index contributed by atoms with van der Waals surface area (Å²) in [4.78, 5) is 25.9. The number of aryl methyl sites for hydroxylation is 1. The first-order chi connectivity index (χ1) is 12.9. The third-order valence-electron chi connectivity index (χ3n) is 4.62. The Morgan fingerprint density at radius 1 is 1.15 bits per heavy atom. The van der Waals surface area contributed by atoms with Gasteiger partial charge in [-0.15, -0.1) is 0 Å². The SMILES string of the molecule is Cc1ccc(NC(=O)CNc2cc(C(N)=O)ccc2N2CCCC2)cc1F. The van der Waals surface area contributed by atoms with Crippen molar-refractivity contribution in [2.45, 2.75) is 19.8 Å². The molecule has 2 aromatic rings. The summed E-state index contributed by atoms with van der Waals surface area (Å²) in [5.41, 5.74) is 8.28. The molecular formula is C20H23FN4O2. The van der Waals surface area contributed by atoms with Gasteiger partial charge in [0.15, 0.2) is 0 Å². The number of rotatable bonds is 6. The number of nitrogens with one attached hydrogen (secondary N) is 2. The zero-order valence-corrected chi connectivity index (χ0v) is 15.2. The van der Waals surface area contributed by atoms with Gasteiger partial charge in [0.2, 0.25) is 11.8 Å². The summed E-state index contributed by atoms with van der Waals surface area (Å²) in [6.45, 7) is 3.51. The second-order valence-electron chi connectivity index (χ2n) is 6.66. The zero-order valence-electron chi connectivity index (χ0n) is 15.2. The molecule has 2 aromatic carbocycles. The van der Waals surface area contributed by atoms with Gasteiger partial charge >= 0.3 is 0 Å². The fraction of sp³-hybridized carbons (Fsp3) is 0.300. The molecule has 0 spiro atoms. The van der Waals surface area contributed by atoms with Crippen LogP contribution in [0.4, 0.5) is 21.5 Å². The van der Waals surface area contributed by atoms with Gasteiger partial charge in [0, 0.05) is 24.3 Å². The number of hydrogen-bond donors (Lipinski definition) is 3. The van der Waals surface area contributed by atoms with Crippen LogP contribution in [0.15, 0.2) is 36.4 Å². The number of hydrogen-bond acceptors (Lipinski definition) is 4. The van der Waals surface area contributed by atoms with Crippen LogP contribution in [0.25, 0.3) is 0 Å². The van der Waals surface area contributed by atoms with E-state index in [0.29, 0.717) is 22.5 Å². The van der Waals surface area contributed by atoms with Crippen LogP contribution in [-0.4, -0.2) is 31.4 Å². The maximum absolute atomic E-state index is 13.6. The second kappa shape index (κ2) is 8.07. The maximum atomic E-state index is 13.6. The van der Waals surface area contributed by atoms with Crippen molar-refractivity contribution in [3.63, 3.8) is 0 Å². The Bertz CT molecular complexity index is 863. The van der Waals surface area contributed by atoms with Crippen molar-refractivity contribution in [2.75, 3.05) is 35.2 Å². The summed E-state index contributed by atoms with van der Waals surface area (Å²) in [7, 11) is 0. The van der Waals surface area contributed by atoms with E-state index in [2.05, 4.69) is 15.5 Å². The van der Waals surface area contributed by atoms with Crippen LogP contribution in [0.2, 0.25) is 0 Å². The van der Waals surface area contributed by atoms with Crippen LogP contribution in [0.3, 0.4) is 0 Å². The van der Waals surface area contributed by atoms with E-state index in [9.17, 15) is 14.0 Å². The summed E-state index contributed by atoms with van der Waals surface area (Å²) in [5, 5.41) is 5.74. The van der Waals surface area contributed by atoms with Crippen molar-refractivity contribution in [3.8, 4) is 0 Å². The van der Waals surface area contributed by atoms with Crippen molar-refractivity contribution < 1.29 is 14.0 Å². The van der Waals surface area contributed by atoms with Crippen LogP contribution < -0.4 is 21.3 Å². The van der Waals surface area contributed by atoms with E-state index in [-0.39, 0.29) is 18.3 Å². The van der Waals surface area contributed by atoms with E-state index >= 15 is 0 Å². The Kier molecular flexibility index (Phi) is 5.59. The van der Waals surface area contributed by atoms with Gasteiger partial charge in [-0.1, -0.05) is 6.07 Å². The molecule has 0 bridgehead atoms. The standard InChI is InChI=1S/C20H23FN4O2/c1-13-4-6-15(11-16(13)21)24-19(26)12-23-17-10-14(20(22)27)5-7-18(17)25-8-2-3-9-25/h4-7,10-11,23H,2-3,8-9,12H2,1H3,(H2,22,27)(H,24,26). The molecule has 6 nitrogen and oxygen atoms in total. The highest BCUT2D eigenvalue weighted by molar-refractivity contribution is 5.97. The Balaban J connectivity index is 1.71. The fourth-order valence-corrected chi connectivity index (χ4v) is 3.12. The predicted octanol–water partition coefficient (Wildman–Crippen LogP) is 2.88. The van der Waals surface area contributed by atoms with Crippen LogP contribution in [0, 0.1) is 12.7 Å². The number of nitrogens with two attached hydrogens (primary N) is 1. The number of primary amides is 1. The predicted molar refractivity (Wildman–Crippen MR) is 105 cm³/mol. The lowest BCUT2D eigenvalue weighted by Gasteiger charge is -2.22. The average Bonchev–Trinajstić information content (AvgIpc) is 3.17. The van der Waals surface area contributed by atoms with Crippen LogP contribution in [0.1, 0.15) is 28.8 Å². The minimum Gasteiger partial charge on any atom is -0.374 e. The third kappa shape index (κ3) is 4.55. The van der Waals surface area contributed by atoms with Crippen LogP contribution in [-0.2, 0) is 4.79 Å². The zero-order chi connectivity index (χ0) is 19.4. The minimum absolute atomic E-state index is 0.0153. The monoisotopic (exact) mass is 370 g/mol. The molecule has 2 amide bonds. The molecule has 7 heteroatoms. The number of amides is 2. The lowest BCUT2D eigenvalue weighted by molar-refractivity contribution is -0.114. The van der Waals surface area contributed by atoms with Crippen molar-refractivity contribution in [3.05, 3.63) is 53.3 Å². The summed E-state index contributed by atoms with van der Waals surface area (Å²) in [6.07, 6.45) is 2.22. The molecule has 142 valence electrons. The van der Waals surface area contributed by atoms with E-state index in [1.165, 1.54) is 6.07 Å². The van der Waals surface area contributed by atoms with Gasteiger partial charge in [-0.25, -0.2) is 4.39 Å². The van der Waals surface area contributed by atoms with E-state index < -0.39 is 5.91 Å². The molecule has 0 atom stereocenters. The highest BCUT2D eigenvalue weighted by Gasteiger charge is 2.17. The minimum atomic E-state index is -0.523. The number of halogens is 1. The molecular weight excluding hydrogens is 347 g/mol. The molecule has 0 saturated carbocycles. The summed E-state index contributed by atoms with van der Waals surface area (Å²) >= 11 is 0. The highest BCUT2D eigenvalue weighted by atomic mass is 19.1. The van der Waals surface area contributed by atoms with Gasteiger partial charge in [-0.3, -0.25) is 9.59 Å². The quantitative estimate of drug-likeness (QED) is 0.730. The molecule has 1 aliphatic heterocycles. The largest absolute Gasteiger partial charge is 0.374 e. The molecule has 4 N–H and O–H groups in total. The van der Waals surface area contributed by atoms with Gasteiger partial charge in [-0.05, 0) is 55.7 Å². The van der Waals surface area contributed by atoms with Crippen LogP contribution >= 0.6 is 0 Å². The Morgan fingerprint density at radius 3 is 2.56 bits per heavy atom. The van der Waals surface area contributed by atoms with Gasteiger partial charge in [0.1, 0.15) is 5.82 Å². The Labute approximate surface area is 157 Å². The molecule has 0 unspecified atom stereocenters. The number of anilines is 3. The number of carbonyl (C=O) groups is 2. The van der Waals surface area contributed by atoms with Crippen molar-refractivity contribution in [1.82, 2.24) is 0 Å². The van der Waals surface area contributed by atoms with Gasteiger partial charge in [0.25, 0.3) is 0 Å². The first-order valence-electron chi connectivity index (χ1n) is 8.93. The lowest BCUT2D eigenvalue weighted by Crippen LogP contribution is -2.25. The number of benzene rings is 2. The summed E-state index contributed by atoms with van der Waals surface area (Å²) < 4.78 is 13.6. The molecule has 0 aromatic heterocycles. The topological polar surface area (TPSA) is 87.5 Å². The highest BCUT2D eigenvalue weighted by Crippen LogP contribution is 2.30. The van der Waals surface area contributed by atoms with Gasteiger partial charge in [0.05, 0.1) is 17.9 Å². The van der Waals surface area contributed by atoms with Crippen molar-refractivity contribution >= 4 is 28.9 Å². The molecule has 0 aliphatic carbocycles. The summed E-state index contributed by atoms with van der Waals surface area (Å²) in [5.74, 6) is -1.20. The van der Waals surface area contributed by atoms with E-state index in [1.807, 2.05) is 6.07 Å². The average molecular weight is 370 g/mol. The fourth-order valence-electron chi connectivity index (χ4n) is 3.12. The summed E-state index contributed by atoms with van der Waals surface area (Å²) in [6, 6.07) is 9.75. The molecule has 1 aliphatic rings. The molecule has 27 heavy (non-hydrogen) atoms. The third-order valence-corrected chi connectivity index (χ3v) is 4.62. The molecule has 3 rings (SSSR count). The molecule has 1 saturated heterocycles. The Hall–Kier alpha value is -3.09. The maximum Gasteiger partial charge on any atom is 0.248 e. The second-order valence-corrected chi connectivity index (χ2v) is 6.66. The van der Waals surface area contributed by atoms with Crippen molar-refractivity contribution in [1.29, 1.82) is 0 Å². The van der Waals surface area contributed by atoms with Gasteiger partial charge in [-0.2, -0.15) is 0 Å². The van der Waals surface area contributed by atoms with E-state index in [1.54, 1.807) is 31.2 Å². The number of carbonyl (C=O) groups excluding carboxylic acids is 2. The van der Waals surface area contributed by atoms with E-state index in [0.717, 1.165) is 31.6 Å². The first kappa shape index (κ1) is 18.7. The molecule has 1 heterocycles. The smallest absolute Gasteiger partial charge is 0.248 e. The number of nitrogens with zero attached hydrogens (tertiary/aromatic N) is 1. The lowest BCUT2D eigenvalue weighted by atomic mass is 10.1. The molecule has 0 radical (unpaired) electrons. The van der Waals surface area contributed by atoms with Crippen LogP contribution in [0.5, 0.6) is 0 Å². The first-order valence-corrected chi connectivity index (χ1v) is 8.93. The molecule has 1 fully saturated rings. The van der Waals surface area contributed by atoms with Gasteiger partial charge < -0.3 is 21.3 Å². The van der Waals surface area contributed by atoms with E-state index in [4.69, 9.17) is 5.73 Å². The Morgan fingerprint density at radius 2 is 1.89 bits per heavy atom. The van der Waals surface area contributed by atoms with Crippen molar-refractivity contribution in [2.24, 2.45) is 5.73 Å².